The quantitative estimate of drug-likeness (QED) is 0.683. The van der Waals surface area contributed by atoms with Crippen LogP contribution in [0.1, 0.15) is 51.0 Å². The molecule has 160 valence electrons. The van der Waals surface area contributed by atoms with Gasteiger partial charge in [-0.1, -0.05) is 50.1 Å². The summed E-state index contributed by atoms with van der Waals surface area (Å²) in [4.78, 5) is 15.7. The highest BCUT2D eigenvalue weighted by molar-refractivity contribution is 5.99. The minimum atomic E-state index is -0.400. The molecule has 1 amide bonds. The summed E-state index contributed by atoms with van der Waals surface area (Å²) in [6.07, 6.45) is 6.62. The molecule has 4 rings (SSSR count). The third kappa shape index (κ3) is 4.86. The summed E-state index contributed by atoms with van der Waals surface area (Å²) in [6.45, 7) is 6.38. The molecule has 1 N–H and O–H groups in total. The highest BCUT2D eigenvalue weighted by Crippen LogP contribution is 2.42. The molecule has 2 fully saturated rings. The van der Waals surface area contributed by atoms with Gasteiger partial charge in [0.05, 0.1) is 5.41 Å². The number of rotatable bonds is 7. The van der Waals surface area contributed by atoms with E-state index in [-0.39, 0.29) is 5.91 Å². The molecule has 30 heavy (non-hydrogen) atoms. The fraction of sp³-hybridized carbons (Fsp3) is 0.500. The predicted molar refractivity (Wildman–Crippen MR) is 122 cm³/mol. The summed E-state index contributed by atoms with van der Waals surface area (Å²) in [7, 11) is 0. The Morgan fingerprint density at radius 2 is 1.70 bits per heavy atom. The molecule has 4 nitrogen and oxygen atoms in total. The standard InChI is InChI=1S/C26H34N2O2/c1-21-13-17-28(18-14-21)19-20-30-24-11-9-23(10-12-24)27-25(29)26(15-5-6-16-26)22-7-3-2-4-8-22/h2-4,7-12,21H,5-6,13-20H2,1H3,(H,27,29). The summed E-state index contributed by atoms with van der Waals surface area (Å²) in [5, 5.41) is 3.16. The van der Waals surface area contributed by atoms with Crippen molar-refractivity contribution in [3.8, 4) is 5.75 Å². The number of piperidine rings is 1. The molecule has 2 aromatic rings. The maximum absolute atomic E-state index is 13.2. The minimum Gasteiger partial charge on any atom is -0.492 e. The molecule has 0 spiro atoms. The average Bonchev–Trinajstić information content (AvgIpc) is 3.28. The first kappa shape index (κ1) is 20.9. The molecule has 0 unspecified atom stereocenters. The van der Waals surface area contributed by atoms with Gasteiger partial charge in [0.2, 0.25) is 5.91 Å². The highest BCUT2D eigenvalue weighted by Gasteiger charge is 2.42. The van der Waals surface area contributed by atoms with E-state index in [1.165, 1.54) is 25.9 Å². The van der Waals surface area contributed by atoms with Gasteiger partial charge >= 0.3 is 0 Å². The van der Waals surface area contributed by atoms with E-state index in [0.29, 0.717) is 6.61 Å². The summed E-state index contributed by atoms with van der Waals surface area (Å²) < 4.78 is 5.93. The average molecular weight is 407 g/mol. The van der Waals surface area contributed by atoms with Crippen molar-refractivity contribution in [3.63, 3.8) is 0 Å². The van der Waals surface area contributed by atoms with Gasteiger partial charge in [-0.05, 0) is 74.5 Å². The van der Waals surface area contributed by atoms with Crippen LogP contribution in [0.2, 0.25) is 0 Å². The monoisotopic (exact) mass is 406 g/mol. The molecule has 0 atom stereocenters. The van der Waals surface area contributed by atoms with E-state index in [9.17, 15) is 4.79 Å². The van der Waals surface area contributed by atoms with Gasteiger partial charge < -0.3 is 10.1 Å². The summed E-state index contributed by atoms with van der Waals surface area (Å²) in [5.41, 5.74) is 1.56. The zero-order chi connectivity index (χ0) is 20.8. The van der Waals surface area contributed by atoms with Gasteiger partial charge in [0.1, 0.15) is 12.4 Å². The Hall–Kier alpha value is -2.33. The molecule has 0 bridgehead atoms. The van der Waals surface area contributed by atoms with E-state index < -0.39 is 5.41 Å². The number of nitrogens with one attached hydrogen (secondary N) is 1. The largest absolute Gasteiger partial charge is 0.492 e. The second-order valence-electron chi connectivity index (χ2n) is 9.01. The molecule has 1 saturated carbocycles. The lowest BCUT2D eigenvalue weighted by molar-refractivity contribution is -0.121. The van der Waals surface area contributed by atoms with Gasteiger partial charge in [-0.2, -0.15) is 0 Å². The maximum atomic E-state index is 13.2. The molecule has 1 aliphatic carbocycles. The van der Waals surface area contributed by atoms with Gasteiger partial charge in [-0.15, -0.1) is 0 Å². The second-order valence-corrected chi connectivity index (χ2v) is 9.01. The van der Waals surface area contributed by atoms with Gasteiger partial charge in [-0.25, -0.2) is 0 Å². The van der Waals surface area contributed by atoms with Crippen molar-refractivity contribution < 1.29 is 9.53 Å². The van der Waals surface area contributed by atoms with E-state index in [0.717, 1.165) is 55.1 Å². The van der Waals surface area contributed by atoms with Crippen LogP contribution in [0.3, 0.4) is 0 Å². The van der Waals surface area contributed by atoms with Crippen LogP contribution in [0.4, 0.5) is 5.69 Å². The lowest BCUT2D eigenvalue weighted by Crippen LogP contribution is -2.37. The van der Waals surface area contributed by atoms with Crippen molar-refractivity contribution in [2.24, 2.45) is 5.92 Å². The first-order valence-electron chi connectivity index (χ1n) is 11.5. The number of carbonyl (C=O) groups is 1. The van der Waals surface area contributed by atoms with Crippen LogP contribution in [0, 0.1) is 5.92 Å². The molecule has 1 heterocycles. The topological polar surface area (TPSA) is 41.6 Å². The fourth-order valence-electron chi connectivity index (χ4n) is 4.85. The molecule has 0 radical (unpaired) electrons. The molecule has 1 saturated heterocycles. The highest BCUT2D eigenvalue weighted by atomic mass is 16.5. The predicted octanol–water partition coefficient (Wildman–Crippen LogP) is 5.25. The van der Waals surface area contributed by atoms with E-state index in [4.69, 9.17) is 4.74 Å². The first-order valence-corrected chi connectivity index (χ1v) is 11.5. The van der Waals surface area contributed by atoms with E-state index >= 15 is 0 Å². The van der Waals surface area contributed by atoms with Crippen molar-refractivity contribution in [1.29, 1.82) is 0 Å². The number of anilines is 1. The Bertz CT molecular complexity index is 805. The van der Waals surface area contributed by atoms with E-state index in [1.807, 2.05) is 42.5 Å². The number of amides is 1. The molecule has 2 aromatic carbocycles. The molecule has 2 aliphatic rings. The molecule has 0 aromatic heterocycles. The Balaban J connectivity index is 1.31. The maximum Gasteiger partial charge on any atom is 0.235 e. The van der Waals surface area contributed by atoms with Gasteiger partial charge in [0, 0.05) is 12.2 Å². The summed E-state index contributed by atoms with van der Waals surface area (Å²) >= 11 is 0. The summed E-state index contributed by atoms with van der Waals surface area (Å²) in [5.74, 6) is 1.83. The van der Waals surface area contributed by atoms with E-state index in [2.05, 4.69) is 29.3 Å². The Morgan fingerprint density at radius 3 is 2.37 bits per heavy atom. The van der Waals surface area contributed by atoms with Crippen molar-refractivity contribution >= 4 is 11.6 Å². The van der Waals surface area contributed by atoms with Crippen molar-refractivity contribution in [3.05, 3.63) is 60.2 Å². The van der Waals surface area contributed by atoms with Crippen LogP contribution >= 0.6 is 0 Å². The number of ether oxygens (including phenoxy) is 1. The normalized spacial score (nSPS) is 19.5. The Kier molecular flexibility index (Phi) is 6.73. The van der Waals surface area contributed by atoms with Crippen molar-refractivity contribution in [2.75, 3.05) is 31.6 Å². The van der Waals surface area contributed by atoms with Crippen LogP contribution in [0.25, 0.3) is 0 Å². The van der Waals surface area contributed by atoms with Gasteiger partial charge in [0.15, 0.2) is 0 Å². The SMILES string of the molecule is CC1CCN(CCOc2ccc(NC(=O)C3(c4ccccc4)CCCC3)cc2)CC1. The number of hydrogen-bond donors (Lipinski definition) is 1. The van der Waals surface area contributed by atoms with Crippen molar-refractivity contribution in [1.82, 2.24) is 4.90 Å². The minimum absolute atomic E-state index is 0.110. The van der Waals surface area contributed by atoms with Crippen molar-refractivity contribution in [2.45, 2.75) is 50.9 Å². The van der Waals surface area contributed by atoms with Crippen LogP contribution in [-0.2, 0) is 10.2 Å². The Morgan fingerprint density at radius 1 is 1.03 bits per heavy atom. The number of benzene rings is 2. The lowest BCUT2D eigenvalue weighted by atomic mass is 9.78. The zero-order valence-electron chi connectivity index (χ0n) is 18.1. The van der Waals surface area contributed by atoms with Crippen LogP contribution < -0.4 is 10.1 Å². The third-order valence-electron chi connectivity index (χ3n) is 6.88. The van der Waals surface area contributed by atoms with Crippen LogP contribution in [-0.4, -0.2) is 37.0 Å². The number of hydrogen-bond acceptors (Lipinski definition) is 3. The molecular weight excluding hydrogens is 372 g/mol. The second kappa shape index (κ2) is 9.65. The van der Waals surface area contributed by atoms with Crippen LogP contribution in [0.5, 0.6) is 5.75 Å². The number of likely N-dealkylation sites (tertiary alicyclic amines) is 1. The van der Waals surface area contributed by atoms with E-state index in [1.54, 1.807) is 0 Å². The van der Waals surface area contributed by atoms with Gasteiger partial charge in [0.25, 0.3) is 0 Å². The fourth-order valence-corrected chi connectivity index (χ4v) is 4.85. The summed E-state index contributed by atoms with van der Waals surface area (Å²) in [6, 6.07) is 18.0. The molecule has 4 heteroatoms. The van der Waals surface area contributed by atoms with Crippen LogP contribution in [0.15, 0.2) is 54.6 Å². The number of nitrogens with zero attached hydrogens (tertiary/aromatic N) is 1. The lowest BCUT2D eigenvalue weighted by Gasteiger charge is -2.30. The third-order valence-corrected chi connectivity index (χ3v) is 6.88. The smallest absolute Gasteiger partial charge is 0.235 e. The first-order chi connectivity index (χ1) is 14.7. The zero-order valence-corrected chi connectivity index (χ0v) is 18.1. The number of carbonyl (C=O) groups excluding carboxylic acids is 1. The Labute approximate surface area is 180 Å². The molecular formula is C26H34N2O2. The molecule has 1 aliphatic heterocycles. The van der Waals surface area contributed by atoms with Gasteiger partial charge in [-0.3, -0.25) is 9.69 Å².